The molecule has 10 rings (SSSR count). The highest BCUT2D eigenvalue weighted by molar-refractivity contribution is 6.97. The first-order valence-corrected chi connectivity index (χ1v) is 20.7. The zero-order valence-electron chi connectivity index (χ0n) is 34.3. The summed E-state index contributed by atoms with van der Waals surface area (Å²) < 4.78 is 0. The van der Waals surface area contributed by atoms with Crippen molar-refractivity contribution in [1.29, 1.82) is 0 Å². The molecule has 0 aliphatic rings. The molecular formula is C56H48BN. The highest BCUT2D eigenvalue weighted by atomic mass is 15.1. The van der Waals surface area contributed by atoms with E-state index in [1.54, 1.807) is 0 Å². The van der Waals surface area contributed by atoms with Gasteiger partial charge in [-0.25, -0.2) is 0 Å². The third-order valence-electron chi connectivity index (χ3n) is 12.3. The Kier molecular flexibility index (Phi) is 8.46. The van der Waals surface area contributed by atoms with Gasteiger partial charge >= 0.3 is 0 Å². The van der Waals surface area contributed by atoms with Crippen LogP contribution >= 0.6 is 0 Å². The Bertz CT molecular complexity index is 3080. The number of anilines is 3. The fourth-order valence-electron chi connectivity index (χ4n) is 9.71. The second-order valence-electron chi connectivity index (χ2n) is 18.1. The fraction of sp³-hybridized carbons (Fsp3) is 0.143. The number of nitrogens with zero attached hydrogens (tertiary/aromatic N) is 1. The maximum atomic E-state index is 2.54. The zero-order valence-corrected chi connectivity index (χ0v) is 34.3. The molecule has 2 heteroatoms. The maximum absolute atomic E-state index is 2.54. The van der Waals surface area contributed by atoms with Crippen molar-refractivity contribution in [3.05, 3.63) is 193 Å². The van der Waals surface area contributed by atoms with Gasteiger partial charge in [0.1, 0.15) is 0 Å². The highest BCUT2D eigenvalue weighted by Gasteiger charge is 2.31. The zero-order chi connectivity index (χ0) is 39.8. The van der Waals surface area contributed by atoms with E-state index < -0.39 is 0 Å². The van der Waals surface area contributed by atoms with Crippen molar-refractivity contribution in [3.63, 3.8) is 0 Å². The van der Waals surface area contributed by atoms with Gasteiger partial charge in [0.05, 0.1) is 11.4 Å². The summed E-state index contributed by atoms with van der Waals surface area (Å²) >= 11 is 0. The van der Waals surface area contributed by atoms with E-state index >= 15 is 0 Å². The fourth-order valence-corrected chi connectivity index (χ4v) is 9.71. The molecule has 0 fully saturated rings. The number of hydrogen-bond donors (Lipinski definition) is 0. The molecule has 0 bridgehead atoms. The number of fused-ring (bicyclic) bond motifs is 3. The van der Waals surface area contributed by atoms with Crippen LogP contribution in [0.3, 0.4) is 0 Å². The van der Waals surface area contributed by atoms with E-state index in [4.69, 9.17) is 0 Å². The third-order valence-corrected chi connectivity index (χ3v) is 12.3. The number of para-hydroxylation sites is 1. The summed E-state index contributed by atoms with van der Waals surface area (Å²) in [6.45, 7) is 14.3. The van der Waals surface area contributed by atoms with Crippen LogP contribution in [0, 0.1) is 0 Å². The van der Waals surface area contributed by atoms with Crippen LogP contribution in [0.5, 0.6) is 0 Å². The summed E-state index contributed by atoms with van der Waals surface area (Å²) in [4.78, 5) is 2.54. The van der Waals surface area contributed by atoms with E-state index in [0.717, 1.165) is 5.69 Å². The summed E-state index contributed by atoms with van der Waals surface area (Å²) in [5.41, 5.74) is 9.99. The molecule has 0 aliphatic carbocycles. The molecule has 0 heterocycles. The molecule has 0 radical (unpaired) electrons. The smallest absolute Gasteiger partial charge is 0.242 e. The Morgan fingerprint density at radius 3 is 1.41 bits per heavy atom. The Balaban J connectivity index is 1.38. The lowest BCUT2D eigenvalue weighted by Crippen LogP contribution is -2.52. The molecule has 1 nitrogen and oxygen atoms in total. The van der Waals surface area contributed by atoms with Crippen LogP contribution in [0.1, 0.15) is 52.7 Å². The molecule has 0 aromatic heterocycles. The lowest BCUT2D eigenvalue weighted by atomic mass is 9.36. The van der Waals surface area contributed by atoms with Gasteiger partial charge in [-0.2, -0.15) is 0 Å². The van der Waals surface area contributed by atoms with Crippen LogP contribution in [-0.2, 0) is 10.8 Å². The topological polar surface area (TPSA) is 3.24 Å². The summed E-state index contributed by atoms with van der Waals surface area (Å²) in [5.74, 6) is 0. The second kappa shape index (κ2) is 13.6. The van der Waals surface area contributed by atoms with Crippen molar-refractivity contribution < 1.29 is 0 Å². The largest absolute Gasteiger partial charge is 0.309 e. The predicted molar refractivity (Wildman–Crippen MR) is 255 cm³/mol. The SMILES string of the molecule is CC(C)(C)c1cc(B(c2ccccc2)c2ccccc2)c2ccc3c(C(C)(C)C)cc(N(c4ccccc4)c4cc5ccccc5c5ccccc45)c4ccc1c2c43. The minimum absolute atomic E-state index is 0.0689. The first kappa shape index (κ1) is 36.0. The number of rotatable bonds is 6. The molecular weight excluding hydrogens is 697 g/mol. The molecule has 0 saturated heterocycles. The van der Waals surface area contributed by atoms with Crippen LogP contribution in [0.2, 0.25) is 0 Å². The van der Waals surface area contributed by atoms with Gasteiger partial charge in [-0.3, -0.25) is 0 Å². The summed E-state index contributed by atoms with van der Waals surface area (Å²) in [7, 11) is 0. The molecule has 280 valence electrons. The molecule has 0 unspecified atom stereocenters. The van der Waals surface area contributed by atoms with Crippen molar-refractivity contribution in [2.75, 3.05) is 4.90 Å². The Morgan fingerprint density at radius 1 is 0.362 bits per heavy atom. The molecule has 0 spiro atoms. The summed E-state index contributed by atoms with van der Waals surface area (Å²) in [5, 5.41) is 12.9. The lowest BCUT2D eigenvalue weighted by molar-refractivity contribution is 0.595. The summed E-state index contributed by atoms with van der Waals surface area (Å²) in [6.07, 6.45) is 0. The van der Waals surface area contributed by atoms with Crippen LogP contribution in [0.15, 0.2) is 182 Å². The van der Waals surface area contributed by atoms with Gasteiger partial charge in [-0.15, -0.1) is 0 Å². The van der Waals surface area contributed by atoms with E-state index in [9.17, 15) is 0 Å². The molecule has 0 aliphatic heterocycles. The van der Waals surface area contributed by atoms with Crippen molar-refractivity contribution in [2.45, 2.75) is 52.4 Å². The van der Waals surface area contributed by atoms with Crippen LogP contribution < -0.4 is 21.3 Å². The molecule has 58 heavy (non-hydrogen) atoms. The standard InChI is InChI=1S/C56H48BN/c1-55(2,3)48-35-50(57(38-21-10-7-11-22-38)39-23-12-8-13-24-39)46-32-30-45-49(56(4,5)6)36-52(47-33-31-44(48)53(46)54(45)47)58(40-25-14-9-15-26-40)51-34-37-20-16-17-27-41(37)42-28-18-19-29-43(42)51/h7-36H,1-6H3. The van der Waals surface area contributed by atoms with Crippen LogP contribution in [0.25, 0.3) is 53.9 Å². The van der Waals surface area contributed by atoms with E-state index in [1.165, 1.54) is 92.8 Å². The minimum atomic E-state index is -0.128. The van der Waals surface area contributed by atoms with Gasteiger partial charge in [0.2, 0.25) is 6.71 Å². The Labute approximate surface area is 343 Å². The normalized spacial score (nSPS) is 12.3. The minimum Gasteiger partial charge on any atom is -0.309 e. The number of hydrogen-bond acceptors (Lipinski definition) is 1. The second-order valence-corrected chi connectivity index (χ2v) is 18.1. The van der Waals surface area contributed by atoms with Crippen LogP contribution in [-0.4, -0.2) is 6.71 Å². The Morgan fingerprint density at radius 2 is 0.810 bits per heavy atom. The van der Waals surface area contributed by atoms with Gasteiger partial charge < -0.3 is 4.90 Å². The molecule has 10 aromatic carbocycles. The van der Waals surface area contributed by atoms with Gasteiger partial charge in [0.25, 0.3) is 0 Å². The molecule has 0 atom stereocenters. The predicted octanol–water partition coefficient (Wildman–Crippen LogP) is 13.5. The lowest BCUT2D eigenvalue weighted by Gasteiger charge is -2.33. The van der Waals surface area contributed by atoms with Crippen molar-refractivity contribution in [3.8, 4) is 0 Å². The average molecular weight is 746 g/mol. The van der Waals surface area contributed by atoms with E-state index in [1.807, 2.05) is 0 Å². The van der Waals surface area contributed by atoms with Crippen molar-refractivity contribution in [1.82, 2.24) is 0 Å². The van der Waals surface area contributed by atoms with Gasteiger partial charge in [-0.05, 0) is 89.3 Å². The Hall–Kier alpha value is -6.38. The first-order valence-electron chi connectivity index (χ1n) is 20.7. The molecule has 0 amide bonds. The maximum Gasteiger partial charge on any atom is 0.242 e. The first-order chi connectivity index (χ1) is 28.1. The van der Waals surface area contributed by atoms with E-state index in [-0.39, 0.29) is 17.5 Å². The third kappa shape index (κ3) is 5.85. The molecule has 0 saturated carbocycles. The highest BCUT2D eigenvalue weighted by Crippen LogP contribution is 2.50. The van der Waals surface area contributed by atoms with E-state index in [2.05, 4.69) is 228 Å². The molecule has 10 aromatic rings. The van der Waals surface area contributed by atoms with Gasteiger partial charge in [0.15, 0.2) is 0 Å². The van der Waals surface area contributed by atoms with Crippen molar-refractivity contribution >= 4 is 94.0 Å². The summed E-state index contributed by atoms with van der Waals surface area (Å²) in [6, 6.07) is 68.1. The van der Waals surface area contributed by atoms with Gasteiger partial charge in [-0.1, -0.05) is 216 Å². The monoisotopic (exact) mass is 745 g/mol. The van der Waals surface area contributed by atoms with Gasteiger partial charge in [0, 0.05) is 16.5 Å². The molecule has 0 N–H and O–H groups in total. The average Bonchev–Trinajstić information content (AvgIpc) is 3.24. The van der Waals surface area contributed by atoms with Crippen molar-refractivity contribution in [2.24, 2.45) is 0 Å². The number of benzene rings is 10. The quantitative estimate of drug-likeness (QED) is 0.121. The van der Waals surface area contributed by atoms with Crippen LogP contribution in [0.4, 0.5) is 17.1 Å². The van der Waals surface area contributed by atoms with E-state index in [0.29, 0.717) is 0 Å².